The van der Waals surface area contributed by atoms with E-state index in [1.54, 1.807) is 13.2 Å². The van der Waals surface area contributed by atoms with Crippen molar-refractivity contribution < 1.29 is 14.6 Å². The Morgan fingerprint density at radius 3 is 2.50 bits per heavy atom. The van der Waals surface area contributed by atoms with Crippen molar-refractivity contribution in [3.8, 4) is 10.4 Å². The zero-order valence-electron chi connectivity index (χ0n) is 10.1. The zero-order chi connectivity index (χ0) is 13.0. The van der Waals surface area contributed by atoms with E-state index in [1.165, 1.54) is 16.9 Å². The summed E-state index contributed by atoms with van der Waals surface area (Å²) in [6.45, 7) is 0.710. The normalized spacial score (nSPS) is 10.5. The molecular formula is C14H14O3S. The van der Waals surface area contributed by atoms with Gasteiger partial charge in [0.05, 0.1) is 6.61 Å². The van der Waals surface area contributed by atoms with E-state index < -0.39 is 5.97 Å². The van der Waals surface area contributed by atoms with Crippen LogP contribution in [0.5, 0.6) is 0 Å². The van der Waals surface area contributed by atoms with E-state index in [9.17, 15) is 4.79 Å². The standard InChI is InChI=1S/C14H14O3S/c1-17-9-8-10-2-4-11(5-3-10)12-6-7-13(18-12)14(15)16/h2-7H,8-9H2,1H3,(H,15,16). The molecule has 18 heavy (non-hydrogen) atoms. The summed E-state index contributed by atoms with van der Waals surface area (Å²) in [7, 11) is 1.69. The summed E-state index contributed by atoms with van der Waals surface area (Å²) in [6.07, 6.45) is 0.890. The van der Waals surface area contributed by atoms with Gasteiger partial charge in [-0.05, 0) is 29.7 Å². The molecule has 0 saturated heterocycles. The van der Waals surface area contributed by atoms with Gasteiger partial charge in [0.25, 0.3) is 0 Å². The van der Waals surface area contributed by atoms with Crippen molar-refractivity contribution in [2.45, 2.75) is 6.42 Å². The van der Waals surface area contributed by atoms with Crippen molar-refractivity contribution in [1.29, 1.82) is 0 Å². The van der Waals surface area contributed by atoms with Crippen LogP contribution in [0.15, 0.2) is 36.4 Å². The van der Waals surface area contributed by atoms with Crippen molar-refractivity contribution in [3.05, 3.63) is 46.8 Å². The Balaban J connectivity index is 2.15. The Morgan fingerprint density at radius 2 is 1.94 bits per heavy atom. The van der Waals surface area contributed by atoms with E-state index in [2.05, 4.69) is 12.1 Å². The first kappa shape index (κ1) is 12.8. The van der Waals surface area contributed by atoms with Crippen LogP contribution in [0.2, 0.25) is 0 Å². The quantitative estimate of drug-likeness (QED) is 0.899. The van der Waals surface area contributed by atoms with Crippen molar-refractivity contribution in [2.75, 3.05) is 13.7 Å². The Labute approximate surface area is 110 Å². The van der Waals surface area contributed by atoms with Crippen molar-refractivity contribution in [1.82, 2.24) is 0 Å². The van der Waals surface area contributed by atoms with E-state index in [4.69, 9.17) is 9.84 Å². The molecule has 1 N–H and O–H groups in total. The molecule has 0 bridgehead atoms. The van der Waals surface area contributed by atoms with Crippen molar-refractivity contribution >= 4 is 17.3 Å². The minimum atomic E-state index is -0.872. The molecule has 0 radical (unpaired) electrons. The lowest BCUT2D eigenvalue weighted by Crippen LogP contribution is -1.93. The zero-order valence-corrected chi connectivity index (χ0v) is 10.9. The number of hydrogen-bond donors (Lipinski definition) is 1. The predicted molar refractivity (Wildman–Crippen MR) is 72.3 cm³/mol. The fourth-order valence-electron chi connectivity index (χ4n) is 1.66. The molecule has 0 amide bonds. The lowest BCUT2D eigenvalue weighted by Gasteiger charge is -2.02. The molecule has 0 aliphatic carbocycles. The molecule has 2 rings (SSSR count). The molecule has 1 heterocycles. The van der Waals surface area contributed by atoms with Crippen molar-refractivity contribution in [2.24, 2.45) is 0 Å². The Hall–Kier alpha value is -1.65. The van der Waals surface area contributed by atoms with E-state index in [0.29, 0.717) is 11.5 Å². The Kier molecular flexibility index (Phi) is 4.12. The van der Waals surface area contributed by atoms with Gasteiger partial charge in [0.1, 0.15) is 4.88 Å². The number of ether oxygens (including phenoxy) is 1. The Bertz CT molecular complexity index is 528. The third-order valence-corrected chi connectivity index (χ3v) is 3.77. The summed E-state index contributed by atoms with van der Waals surface area (Å²) in [5, 5.41) is 8.88. The molecule has 0 fully saturated rings. The third kappa shape index (κ3) is 2.97. The molecule has 3 nitrogen and oxygen atoms in total. The lowest BCUT2D eigenvalue weighted by atomic mass is 10.1. The van der Waals surface area contributed by atoms with Crippen LogP contribution in [0.4, 0.5) is 0 Å². The van der Waals surface area contributed by atoms with Gasteiger partial charge >= 0.3 is 5.97 Å². The van der Waals surface area contributed by atoms with Crippen LogP contribution in [0.1, 0.15) is 15.2 Å². The average Bonchev–Trinajstić information content (AvgIpc) is 2.87. The number of methoxy groups -OCH3 is 1. The fraction of sp³-hybridized carbons (Fsp3) is 0.214. The molecule has 0 atom stereocenters. The number of hydrogen-bond acceptors (Lipinski definition) is 3. The first-order valence-corrected chi connectivity index (χ1v) is 6.44. The van der Waals surface area contributed by atoms with Gasteiger partial charge in [0.2, 0.25) is 0 Å². The molecule has 1 aromatic heterocycles. The number of rotatable bonds is 5. The van der Waals surface area contributed by atoms with Crippen LogP contribution < -0.4 is 0 Å². The minimum Gasteiger partial charge on any atom is -0.477 e. The molecule has 0 aliphatic rings. The highest BCUT2D eigenvalue weighted by atomic mass is 32.1. The number of aromatic carboxylic acids is 1. The van der Waals surface area contributed by atoms with Gasteiger partial charge in [0.15, 0.2) is 0 Å². The van der Waals surface area contributed by atoms with Crippen LogP contribution >= 0.6 is 11.3 Å². The number of thiophene rings is 1. The number of benzene rings is 1. The molecule has 0 aliphatic heterocycles. The molecule has 0 saturated carbocycles. The van der Waals surface area contributed by atoms with Gasteiger partial charge in [-0.1, -0.05) is 24.3 Å². The molecule has 0 unspecified atom stereocenters. The second kappa shape index (κ2) is 5.80. The maximum absolute atomic E-state index is 10.8. The number of carboxylic acid groups (broad SMARTS) is 1. The fourth-order valence-corrected chi connectivity index (χ4v) is 2.51. The molecular weight excluding hydrogens is 248 g/mol. The SMILES string of the molecule is COCCc1ccc(-c2ccc(C(=O)O)s2)cc1. The summed E-state index contributed by atoms with van der Waals surface area (Å²) >= 11 is 1.29. The van der Waals surface area contributed by atoms with E-state index in [-0.39, 0.29) is 0 Å². The molecule has 0 spiro atoms. The molecule has 94 valence electrons. The van der Waals surface area contributed by atoms with E-state index >= 15 is 0 Å². The molecule has 4 heteroatoms. The van der Waals surface area contributed by atoms with Gasteiger partial charge in [-0.25, -0.2) is 4.79 Å². The molecule has 1 aromatic carbocycles. The largest absolute Gasteiger partial charge is 0.477 e. The van der Waals surface area contributed by atoms with Crippen LogP contribution in [0.3, 0.4) is 0 Å². The third-order valence-electron chi connectivity index (χ3n) is 2.65. The minimum absolute atomic E-state index is 0.369. The predicted octanol–water partition coefficient (Wildman–Crippen LogP) is 3.30. The molecule has 2 aromatic rings. The number of carboxylic acids is 1. The maximum atomic E-state index is 10.8. The second-order valence-electron chi connectivity index (χ2n) is 3.91. The van der Waals surface area contributed by atoms with Gasteiger partial charge in [-0.2, -0.15) is 0 Å². The highest BCUT2D eigenvalue weighted by molar-refractivity contribution is 7.17. The summed E-state index contributed by atoms with van der Waals surface area (Å²) in [5.74, 6) is -0.872. The monoisotopic (exact) mass is 262 g/mol. The van der Waals surface area contributed by atoms with E-state index in [0.717, 1.165) is 16.9 Å². The summed E-state index contributed by atoms with van der Waals surface area (Å²) in [5.41, 5.74) is 2.27. The summed E-state index contributed by atoms with van der Waals surface area (Å²) in [6, 6.07) is 11.6. The van der Waals surface area contributed by atoms with Crippen LogP contribution in [-0.2, 0) is 11.2 Å². The summed E-state index contributed by atoms with van der Waals surface area (Å²) in [4.78, 5) is 12.2. The van der Waals surface area contributed by atoms with E-state index in [1.807, 2.05) is 18.2 Å². The summed E-state index contributed by atoms with van der Waals surface area (Å²) < 4.78 is 5.03. The lowest BCUT2D eigenvalue weighted by molar-refractivity contribution is 0.0702. The van der Waals surface area contributed by atoms with Gasteiger partial charge in [-0.3, -0.25) is 0 Å². The number of carbonyl (C=O) groups is 1. The van der Waals surface area contributed by atoms with Crippen LogP contribution in [-0.4, -0.2) is 24.8 Å². The van der Waals surface area contributed by atoms with Gasteiger partial charge in [0, 0.05) is 12.0 Å². The van der Waals surface area contributed by atoms with Crippen LogP contribution in [0.25, 0.3) is 10.4 Å². The highest BCUT2D eigenvalue weighted by Crippen LogP contribution is 2.28. The first-order valence-electron chi connectivity index (χ1n) is 5.62. The second-order valence-corrected chi connectivity index (χ2v) is 4.99. The smallest absolute Gasteiger partial charge is 0.345 e. The maximum Gasteiger partial charge on any atom is 0.345 e. The van der Waals surface area contributed by atoms with Crippen molar-refractivity contribution in [3.63, 3.8) is 0 Å². The topological polar surface area (TPSA) is 46.5 Å². The van der Waals surface area contributed by atoms with Gasteiger partial charge in [-0.15, -0.1) is 11.3 Å². The van der Waals surface area contributed by atoms with Crippen LogP contribution in [0, 0.1) is 0 Å². The van der Waals surface area contributed by atoms with Gasteiger partial charge < -0.3 is 9.84 Å². The first-order chi connectivity index (χ1) is 8.70. The Morgan fingerprint density at radius 1 is 1.22 bits per heavy atom. The average molecular weight is 262 g/mol. The highest BCUT2D eigenvalue weighted by Gasteiger charge is 2.08.